The molecule has 0 spiro atoms. The fourth-order valence-corrected chi connectivity index (χ4v) is 7.23. The summed E-state index contributed by atoms with van der Waals surface area (Å²) >= 11 is 6.02. The second-order valence-corrected chi connectivity index (χ2v) is 13.0. The molecule has 2 aromatic carbocycles. The zero-order valence-corrected chi connectivity index (χ0v) is 24.5. The number of rotatable bonds is 4. The normalized spacial score (nSPS) is 25.8. The van der Waals surface area contributed by atoms with Crippen LogP contribution in [0.15, 0.2) is 42.5 Å². The standard InChI is InChI=1S/C32H38ClN3O5/c1-31(2)19-24(12-18-41-31)36-29(38)25-6-3-7-26(27(25)30(36)39)35-15-4-5-21(20-35)28(37)34-16-13-32(40,14-17-34)22-8-10-23(33)11-9-22/h3,6-11,21,24,40H,4-5,12-20H2,1-2H3/t21-,24-/m0/s1. The lowest BCUT2D eigenvalue weighted by molar-refractivity contribution is -0.140. The van der Waals surface area contributed by atoms with Crippen LogP contribution < -0.4 is 4.90 Å². The third-order valence-electron chi connectivity index (χ3n) is 9.36. The zero-order chi connectivity index (χ0) is 28.9. The van der Waals surface area contributed by atoms with Gasteiger partial charge in [-0.05, 0) is 82.2 Å². The molecule has 6 rings (SSSR count). The number of halogens is 1. The van der Waals surface area contributed by atoms with E-state index in [9.17, 15) is 19.5 Å². The van der Waals surface area contributed by atoms with Gasteiger partial charge in [0.1, 0.15) is 0 Å². The Balaban J connectivity index is 1.15. The molecule has 3 fully saturated rings. The van der Waals surface area contributed by atoms with Crippen molar-refractivity contribution in [2.75, 3.05) is 37.7 Å². The van der Waals surface area contributed by atoms with Crippen molar-refractivity contribution in [2.45, 2.75) is 69.6 Å². The van der Waals surface area contributed by atoms with E-state index in [2.05, 4.69) is 4.90 Å². The first-order chi connectivity index (χ1) is 19.6. The maximum absolute atomic E-state index is 13.8. The second-order valence-electron chi connectivity index (χ2n) is 12.6. The van der Waals surface area contributed by atoms with Crippen LogP contribution in [0.3, 0.4) is 0 Å². The Morgan fingerprint density at radius 3 is 2.44 bits per heavy atom. The molecule has 0 unspecified atom stereocenters. The number of piperidine rings is 2. The fourth-order valence-electron chi connectivity index (χ4n) is 7.10. The predicted octanol–water partition coefficient (Wildman–Crippen LogP) is 4.62. The highest BCUT2D eigenvalue weighted by molar-refractivity contribution is 6.30. The van der Waals surface area contributed by atoms with Crippen LogP contribution in [0.25, 0.3) is 0 Å². The maximum atomic E-state index is 13.8. The minimum atomic E-state index is -0.969. The molecule has 0 aromatic heterocycles. The van der Waals surface area contributed by atoms with E-state index < -0.39 is 5.60 Å². The molecule has 3 saturated heterocycles. The van der Waals surface area contributed by atoms with Crippen molar-refractivity contribution in [3.05, 3.63) is 64.2 Å². The number of hydrogen-bond acceptors (Lipinski definition) is 6. The van der Waals surface area contributed by atoms with Crippen molar-refractivity contribution in [2.24, 2.45) is 5.92 Å². The summed E-state index contributed by atoms with van der Waals surface area (Å²) in [6, 6.07) is 12.6. The molecule has 2 aromatic rings. The first-order valence-corrected chi connectivity index (χ1v) is 15.1. The van der Waals surface area contributed by atoms with Gasteiger partial charge in [0, 0.05) is 43.9 Å². The van der Waals surface area contributed by atoms with Gasteiger partial charge in [-0.2, -0.15) is 0 Å². The lowest BCUT2D eigenvalue weighted by Crippen LogP contribution is -2.50. The van der Waals surface area contributed by atoms with E-state index in [0.717, 1.165) is 30.6 Å². The molecule has 9 heteroatoms. The highest BCUT2D eigenvalue weighted by Gasteiger charge is 2.45. The van der Waals surface area contributed by atoms with Crippen molar-refractivity contribution in [1.29, 1.82) is 0 Å². The van der Waals surface area contributed by atoms with Gasteiger partial charge in [0.2, 0.25) is 5.91 Å². The van der Waals surface area contributed by atoms with Gasteiger partial charge in [-0.15, -0.1) is 0 Å². The number of imide groups is 1. The number of carbonyl (C=O) groups excluding carboxylic acids is 3. The summed E-state index contributed by atoms with van der Waals surface area (Å²) in [5.41, 5.74) is 1.11. The van der Waals surface area contributed by atoms with E-state index in [1.807, 2.05) is 43.0 Å². The van der Waals surface area contributed by atoms with Crippen LogP contribution in [0.4, 0.5) is 5.69 Å². The summed E-state index contributed by atoms with van der Waals surface area (Å²) in [6.07, 6.45) is 3.78. The van der Waals surface area contributed by atoms with Gasteiger partial charge in [-0.25, -0.2) is 0 Å². The highest BCUT2D eigenvalue weighted by atomic mass is 35.5. The molecule has 0 saturated carbocycles. The van der Waals surface area contributed by atoms with Gasteiger partial charge in [0.05, 0.1) is 33.9 Å². The van der Waals surface area contributed by atoms with E-state index in [4.69, 9.17) is 16.3 Å². The van der Waals surface area contributed by atoms with Crippen LogP contribution in [-0.4, -0.2) is 77.1 Å². The van der Waals surface area contributed by atoms with Crippen LogP contribution in [0, 0.1) is 5.92 Å². The van der Waals surface area contributed by atoms with Crippen molar-refractivity contribution in [1.82, 2.24) is 9.80 Å². The van der Waals surface area contributed by atoms with Gasteiger partial charge in [-0.1, -0.05) is 29.8 Å². The van der Waals surface area contributed by atoms with Gasteiger partial charge < -0.3 is 19.6 Å². The number of ether oxygens (including phenoxy) is 1. The number of nitrogens with zero attached hydrogens (tertiary/aromatic N) is 3. The van der Waals surface area contributed by atoms with E-state index in [1.165, 1.54) is 4.90 Å². The molecule has 41 heavy (non-hydrogen) atoms. The van der Waals surface area contributed by atoms with Crippen molar-refractivity contribution < 1.29 is 24.2 Å². The molecular formula is C32H38ClN3O5. The van der Waals surface area contributed by atoms with Crippen molar-refractivity contribution >= 4 is 35.0 Å². The first-order valence-electron chi connectivity index (χ1n) is 14.7. The Morgan fingerprint density at radius 1 is 1.00 bits per heavy atom. The number of carbonyl (C=O) groups is 3. The monoisotopic (exact) mass is 579 g/mol. The summed E-state index contributed by atoms with van der Waals surface area (Å²) in [7, 11) is 0. The molecule has 218 valence electrons. The maximum Gasteiger partial charge on any atom is 0.263 e. The van der Waals surface area contributed by atoms with Crippen molar-refractivity contribution in [3.8, 4) is 0 Å². The SMILES string of the molecule is CC1(C)C[C@@H](N2C(=O)c3cccc(N4CCC[C@H](C(=O)N5CCC(O)(c6ccc(Cl)cc6)CC5)C4)c3C2=O)CCO1. The Bertz CT molecular complexity index is 1350. The summed E-state index contributed by atoms with van der Waals surface area (Å²) in [4.78, 5) is 46.3. The second kappa shape index (κ2) is 10.7. The number of fused-ring (bicyclic) bond motifs is 1. The van der Waals surface area contributed by atoms with Crippen molar-refractivity contribution in [3.63, 3.8) is 0 Å². The molecule has 0 radical (unpaired) electrons. The summed E-state index contributed by atoms with van der Waals surface area (Å²) in [5.74, 6) is -0.593. The Labute approximate surface area is 246 Å². The average Bonchev–Trinajstić information content (AvgIpc) is 3.22. The molecule has 0 bridgehead atoms. The van der Waals surface area contributed by atoms with E-state index in [0.29, 0.717) is 68.1 Å². The number of hydrogen-bond donors (Lipinski definition) is 1. The first kappa shape index (κ1) is 28.2. The molecule has 3 amide bonds. The fraction of sp³-hybridized carbons (Fsp3) is 0.531. The largest absolute Gasteiger partial charge is 0.385 e. The number of amides is 3. The number of anilines is 1. The van der Waals surface area contributed by atoms with E-state index in [1.54, 1.807) is 18.2 Å². The number of likely N-dealkylation sites (tertiary alicyclic amines) is 1. The number of benzene rings is 2. The third-order valence-corrected chi connectivity index (χ3v) is 9.61. The summed E-state index contributed by atoms with van der Waals surface area (Å²) < 4.78 is 5.83. The highest BCUT2D eigenvalue weighted by Crippen LogP contribution is 2.39. The number of aliphatic hydroxyl groups is 1. The third kappa shape index (κ3) is 5.26. The van der Waals surface area contributed by atoms with E-state index >= 15 is 0 Å². The molecule has 2 atom stereocenters. The molecule has 4 aliphatic heterocycles. The predicted molar refractivity (Wildman–Crippen MR) is 156 cm³/mol. The summed E-state index contributed by atoms with van der Waals surface area (Å²) in [5, 5.41) is 11.9. The topological polar surface area (TPSA) is 90.4 Å². The molecule has 0 aliphatic carbocycles. The van der Waals surface area contributed by atoms with Crippen LogP contribution in [0.1, 0.15) is 78.7 Å². The van der Waals surface area contributed by atoms with Crippen LogP contribution in [0.2, 0.25) is 5.02 Å². The minimum Gasteiger partial charge on any atom is -0.385 e. The van der Waals surface area contributed by atoms with Crippen LogP contribution >= 0.6 is 11.6 Å². The molecular weight excluding hydrogens is 542 g/mol. The van der Waals surface area contributed by atoms with E-state index in [-0.39, 0.29) is 35.3 Å². The lowest BCUT2D eigenvalue weighted by Gasteiger charge is -2.41. The Kier molecular flexibility index (Phi) is 7.37. The lowest BCUT2D eigenvalue weighted by atomic mass is 9.84. The van der Waals surface area contributed by atoms with Crippen LogP contribution in [-0.2, 0) is 15.1 Å². The molecule has 4 aliphatic rings. The quantitative estimate of drug-likeness (QED) is 0.532. The van der Waals surface area contributed by atoms with Crippen LogP contribution in [0.5, 0.6) is 0 Å². The minimum absolute atomic E-state index is 0.0916. The molecule has 4 heterocycles. The van der Waals surface area contributed by atoms with Gasteiger partial charge in [-0.3, -0.25) is 19.3 Å². The Hall–Kier alpha value is -2.94. The molecule has 8 nitrogen and oxygen atoms in total. The Morgan fingerprint density at radius 2 is 1.73 bits per heavy atom. The van der Waals surface area contributed by atoms with Gasteiger partial charge in [0.15, 0.2) is 0 Å². The molecule has 1 N–H and O–H groups in total. The smallest absolute Gasteiger partial charge is 0.263 e. The van der Waals surface area contributed by atoms with Gasteiger partial charge >= 0.3 is 0 Å². The average molecular weight is 580 g/mol. The summed E-state index contributed by atoms with van der Waals surface area (Å²) in [6.45, 7) is 6.70. The zero-order valence-electron chi connectivity index (χ0n) is 23.8. The van der Waals surface area contributed by atoms with Gasteiger partial charge in [0.25, 0.3) is 11.8 Å².